The highest BCUT2D eigenvalue weighted by molar-refractivity contribution is 5.75. The molecule has 1 saturated heterocycles. The van der Waals surface area contributed by atoms with Gasteiger partial charge in [-0.3, -0.25) is 0 Å². The standard InChI is InChI=1S/C12H20N4O3/c1-7(2)4-10-14-11(19-15-10)8(3)13-12(18)16-5-9(17)6-16/h7-9,17H,4-6H2,1-3H3,(H,13,18). The summed E-state index contributed by atoms with van der Waals surface area (Å²) in [6, 6.07) is -0.555. The van der Waals surface area contributed by atoms with E-state index in [0.29, 0.717) is 30.7 Å². The normalized spacial score (nSPS) is 17.4. The fourth-order valence-electron chi connectivity index (χ4n) is 1.85. The van der Waals surface area contributed by atoms with Crippen LogP contribution in [0.2, 0.25) is 0 Å². The number of nitrogens with one attached hydrogen (secondary N) is 1. The number of rotatable bonds is 4. The molecule has 2 heterocycles. The Hall–Kier alpha value is -1.63. The zero-order chi connectivity index (χ0) is 14.0. The zero-order valence-electron chi connectivity index (χ0n) is 11.5. The molecule has 0 radical (unpaired) electrons. The molecule has 19 heavy (non-hydrogen) atoms. The number of β-amino-alcohol motifs (C(OH)–C–C–N with tert-alkyl or cyclic N) is 1. The fraction of sp³-hybridized carbons (Fsp3) is 0.750. The molecule has 0 aliphatic carbocycles. The predicted octanol–water partition coefficient (Wildman–Crippen LogP) is 0.715. The summed E-state index contributed by atoms with van der Waals surface area (Å²) in [5.41, 5.74) is 0. The lowest BCUT2D eigenvalue weighted by atomic mass is 10.1. The summed E-state index contributed by atoms with van der Waals surface area (Å²) in [7, 11) is 0. The number of carbonyl (C=O) groups is 1. The minimum atomic E-state index is -0.401. The molecule has 2 rings (SSSR count). The quantitative estimate of drug-likeness (QED) is 0.839. The van der Waals surface area contributed by atoms with E-state index in [1.165, 1.54) is 4.90 Å². The summed E-state index contributed by atoms with van der Waals surface area (Å²) in [5, 5.41) is 15.8. The SMILES string of the molecule is CC(C)Cc1noc(C(C)NC(=O)N2CC(O)C2)n1. The van der Waals surface area contributed by atoms with Crippen molar-refractivity contribution in [1.29, 1.82) is 0 Å². The molecule has 1 aliphatic heterocycles. The first-order valence-corrected chi connectivity index (χ1v) is 6.51. The third-order valence-corrected chi connectivity index (χ3v) is 2.93. The molecule has 1 fully saturated rings. The Morgan fingerprint density at radius 3 is 2.79 bits per heavy atom. The average molecular weight is 268 g/mol. The maximum atomic E-state index is 11.8. The smallest absolute Gasteiger partial charge is 0.318 e. The van der Waals surface area contributed by atoms with Gasteiger partial charge in [-0.15, -0.1) is 0 Å². The number of aromatic nitrogens is 2. The highest BCUT2D eigenvalue weighted by atomic mass is 16.5. The molecule has 106 valence electrons. The van der Waals surface area contributed by atoms with E-state index < -0.39 is 6.10 Å². The molecule has 1 aliphatic rings. The number of carbonyl (C=O) groups excluding carboxylic acids is 1. The van der Waals surface area contributed by atoms with E-state index in [1.54, 1.807) is 6.92 Å². The van der Waals surface area contributed by atoms with E-state index in [0.717, 1.165) is 6.42 Å². The molecule has 7 heteroatoms. The number of likely N-dealkylation sites (tertiary alicyclic amines) is 1. The molecular weight excluding hydrogens is 248 g/mol. The van der Waals surface area contributed by atoms with Crippen LogP contribution < -0.4 is 5.32 Å². The molecule has 1 aromatic rings. The van der Waals surface area contributed by atoms with Crippen LogP contribution >= 0.6 is 0 Å². The van der Waals surface area contributed by atoms with Crippen molar-refractivity contribution in [3.63, 3.8) is 0 Å². The molecule has 0 bridgehead atoms. The molecule has 0 saturated carbocycles. The van der Waals surface area contributed by atoms with Crippen molar-refractivity contribution < 1.29 is 14.4 Å². The number of urea groups is 1. The van der Waals surface area contributed by atoms with E-state index in [9.17, 15) is 4.79 Å². The maximum absolute atomic E-state index is 11.8. The molecular formula is C12H20N4O3. The first-order chi connectivity index (χ1) is 8.95. The van der Waals surface area contributed by atoms with Crippen molar-refractivity contribution in [2.75, 3.05) is 13.1 Å². The second-order valence-corrected chi connectivity index (χ2v) is 5.38. The molecule has 2 amide bonds. The van der Waals surface area contributed by atoms with Crippen LogP contribution in [-0.4, -0.2) is 45.4 Å². The molecule has 1 aromatic heterocycles. The van der Waals surface area contributed by atoms with Gasteiger partial charge < -0.3 is 19.8 Å². The summed E-state index contributed by atoms with van der Waals surface area (Å²) in [4.78, 5) is 17.5. The number of aliphatic hydroxyl groups excluding tert-OH is 1. The Labute approximate surface area is 112 Å². The zero-order valence-corrected chi connectivity index (χ0v) is 11.5. The third kappa shape index (κ3) is 3.44. The Bertz CT molecular complexity index is 440. The van der Waals surface area contributed by atoms with Gasteiger partial charge in [0.1, 0.15) is 6.04 Å². The highest BCUT2D eigenvalue weighted by Gasteiger charge is 2.30. The van der Waals surface area contributed by atoms with Crippen LogP contribution in [0.5, 0.6) is 0 Å². The van der Waals surface area contributed by atoms with Crippen molar-refractivity contribution >= 4 is 6.03 Å². The van der Waals surface area contributed by atoms with Crippen LogP contribution in [0.25, 0.3) is 0 Å². The lowest BCUT2D eigenvalue weighted by Gasteiger charge is -2.36. The van der Waals surface area contributed by atoms with E-state index in [4.69, 9.17) is 9.63 Å². The van der Waals surface area contributed by atoms with Gasteiger partial charge in [-0.05, 0) is 12.8 Å². The molecule has 7 nitrogen and oxygen atoms in total. The summed E-state index contributed by atoms with van der Waals surface area (Å²) in [6.07, 6.45) is 0.352. The largest absolute Gasteiger partial charge is 0.389 e. The number of amides is 2. The molecule has 0 aromatic carbocycles. The minimum Gasteiger partial charge on any atom is -0.389 e. The maximum Gasteiger partial charge on any atom is 0.318 e. The molecule has 0 spiro atoms. The molecule has 1 atom stereocenters. The van der Waals surface area contributed by atoms with Gasteiger partial charge in [0.05, 0.1) is 19.2 Å². The molecule has 2 N–H and O–H groups in total. The summed E-state index contributed by atoms with van der Waals surface area (Å²) in [6.45, 7) is 6.70. The lowest BCUT2D eigenvalue weighted by molar-refractivity contribution is 0.0256. The number of aliphatic hydroxyl groups is 1. The van der Waals surface area contributed by atoms with Gasteiger partial charge in [0.2, 0.25) is 5.89 Å². The van der Waals surface area contributed by atoms with Gasteiger partial charge in [-0.1, -0.05) is 19.0 Å². The average Bonchev–Trinajstić information content (AvgIpc) is 2.72. The third-order valence-electron chi connectivity index (χ3n) is 2.93. The van der Waals surface area contributed by atoms with Gasteiger partial charge in [-0.2, -0.15) is 4.98 Å². The number of hydrogen-bond acceptors (Lipinski definition) is 5. The van der Waals surface area contributed by atoms with E-state index in [2.05, 4.69) is 29.3 Å². The summed E-state index contributed by atoms with van der Waals surface area (Å²) >= 11 is 0. The predicted molar refractivity (Wildman–Crippen MR) is 67.4 cm³/mol. The van der Waals surface area contributed by atoms with Crippen LogP contribution in [0.3, 0.4) is 0 Å². The number of hydrogen-bond donors (Lipinski definition) is 2. The lowest BCUT2D eigenvalue weighted by Crippen LogP contribution is -2.56. The van der Waals surface area contributed by atoms with Gasteiger partial charge in [0, 0.05) is 6.42 Å². The molecule has 1 unspecified atom stereocenters. The summed E-state index contributed by atoms with van der Waals surface area (Å²) in [5.74, 6) is 1.52. The Morgan fingerprint density at radius 1 is 1.53 bits per heavy atom. The first-order valence-electron chi connectivity index (χ1n) is 6.51. The highest BCUT2D eigenvalue weighted by Crippen LogP contribution is 2.14. The topological polar surface area (TPSA) is 91.5 Å². The minimum absolute atomic E-state index is 0.221. The van der Waals surface area contributed by atoms with E-state index >= 15 is 0 Å². The van der Waals surface area contributed by atoms with Gasteiger partial charge in [0.25, 0.3) is 0 Å². The van der Waals surface area contributed by atoms with Crippen molar-refractivity contribution in [2.45, 2.75) is 39.3 Å². The van der Waals surface area contributed by atoms with E-state index in [-0.39, 0.29) is 12.1 Å². The Kier molecular flexibility index (Phi) is 4.04. The Balaban J connectivity index is 1.87. The van der Waals surface area contributed by atoms with Crippen LogP contribution in [0.15, 0.2) is 4.52 Å². The Morgan fingerprint density at radius 2 is 2.21 bits per heavy atom. The van der Waals surface area contributed by atoms with Gasteiger partial charge in [-0.25, -0.2) is 4.79 Å². The van der Waals surface area contributed by atoms with Crippen LogP contribution in [-0.2, 0) is 6.42 Å². The fourth-order valence-corrected chi connectivity index (χ4v) is 1.85. The van der Waals surface area contributed by atoms with Gasteiger partial charge >= 0.3 is 6.03 Å². The van der Waals surface area contributed by atoms with Gasteiger partial charge in [0.15, 0.2) is 5.82 Å². The number of nitrogens with zero attached hydrogens (tertiary/aromatic N) is 3. The van der Waals surface area contributed by atoms with Crippen molar-refractivity contribution in [3.05, 3.63) is 11.7 Å². The van der Waals surface area contributed by atoms with Crippen LogP contribution in [0.1, 0.15) is 38.5 Å². The first kappa shape index (κ1) is 13.8. The van der Waals surface area contributed by atoms with Crippen molar-refractivity contribution in [3.8, 4) is 0 Å². The van der Waals surface area contributed by atoms with Crippen molar-refractivity contribution in [1.82, 2.24) is 20.4 Å². The van der Waals surface area contributed by atoms with Crippen LogP contribution in [0.4, 0.5) is 4.79 Å². The monoisotopic (exact) mass is 268 g/mol. The van der Waals surface area contributed by atoms with Crippen molar-refractivity contribution in [2.24, 2.45) is 5.92 Å². The second-order valence-electron chi connectivity index (χ2n) is 5.38. The summed E-state index contributed by atoms with van der Waals surface area (Å²) < 4.78 is 5.14. The second kappa shape index (κ2) is 5.56. The van der Waals surface area contributed by atoms with Crippen LogP contribution in [0, 0.1) is 5.92 Å². The van der Waals surface area contributed by atoms with E-state index in [1.807, 2.05) is 0 Å².